The molecule has 1 fully saturated rings. The van der Waals surface area contributed by atoms with Gasteiger partial charge in [0.25, 0.3) is 0 Å². The molecule has 102 valence electrons. The molecule has 1 aromatic rings. The summed E-state index contributed by atoms with van der Waals surface area (Å²) < 4.78 is 23.4. The van der Waals surface area contributed by atoms with Crippen LogP contribution in [-0.2, 0) is 14.3 Å². The van der Waals surface area contributed by atoms with E-state index in [1.54, 1.807) is 0 Å². The molecule has 0 saturated carbocycles. The van der Waals surface area contributed by atoms with E-state index in [9.17, 15) is 14.0 Å². The largest absolute Gasteiger partial charge is 0.497 e. The van der Waals surface area contributed by atoms with E-state index >= 15 is 0 Å². The molecule has 0 spiro atoms. The smallest absolute Gasteiger partial charge is 0.311 e. The number of halogens is 1. The first kappa shape index (κ1) is 13.3. The lowest BCUT2D eigenvalue weighted by Gasteiger charge is -2.17. The van der Waals surface area contributed by atoms with Gasteiger partial charge in [-0.1, -0.05) is 0 Å². The summed E-state index contributed by atoms with van der Waals surface area (Å²) >= 11 is 0. The second-order valence-corrected chi connectivity index (χ2v) is 4.25. The number of methoxy groups -OCH3 is 2. The summed E-state index contributed by atoms with van der Waals surface area (Å²) in [4.78, 5) is 24.5. The molecule has 2 rings (SSSR count). The van der Waals surface area contributed by atoms with Gasteiger partial charge in [-0.3, -0.25) is 9.59 Å². The van der Waals surface area contributed by atoms with Crippen molar-refractivity contribution in [1.82, 2.24) is 0 Å². The second kappa shape index (κ2) is 5.26. The van der Waals surface area contributed by atoms with E-state index in [1.807, 2.05) is 0 Å². The lowest BCUT2D eigenvalue weighted by molar-refractivity contribution is -0.145. The molecule has 1 atom stereocenters. The fourth-order valence-electron chi connectivity index (χ4n) is 2.09. The fourth-order valence-corrected chi connectivity index (χ4v) is 2.09. The van der Waals surface area contributed by atoms with E-state index in [-0.39, 0.29) is 24.6 Å². The number of anilines is 1. The molecule has 1 aliphatic rings. The van der Waals surface area contributed by atoms with E-state index < -0.39 is 17.7 Å². The van der Waals surface area contributed by atoms with E-state index in [2.05, 4.69) is 4.74 Å². The van der Waals surface area contributed by atoms with Crippen molar-refractivity contribution in [1.29, 1.82) is 0 Å². The van der Waals surface area contributed by atoms with Crippen LogP contribution in [0.25, 0.3) is 0 Å². The third-order valence-corrected chi connectivity index (χ3v) is 3.10. The van der Waals surface area contributed by atoms with Crippen LogP contribution in [-0.4, -0.2) is 32.6 Å². The lowest BCUT2D eigenvalue weighted by atomic mass is 10.1. The van der Waals surface area contributed by atoms with Crippen LogP contribution < -0.4 is 9.64 Å². The molecule has 0 aliphatic carbocycles. The maximum absolute atomic E-state index is 13.8. The number of amides is 1. The van der Waals surface area contributed by atoms with Crippen LogP contribution in [0.1, 0.15) is 6.42 Å². The fraction of sp³-hybridized carbons (Fsp3) is 0.385. The molecule has 5 nitrogen and oxygen atoms in total. The van der Waals surface area contributed by atoms with Crippen molar-refractivity contribution in [3.63, 3.8) is 0 Å². The molecule has 1 aliphatic heterocycles. The Bertz CT molecular complexity index is 517. The van der Waals surface area contributed by atoms with Gasteiger partial charge in [-0.25, -0.2) is 4.39 Å². The summed E-state index contributed by atoms with van der Waals surface area (Å²) in [6, 6.07) is 4.14. The summed E-state index contributed by atoms with van der Waals surface area (Å²) in [5.74, 6) is -1.39. The minimum atomic E-state index is -0.553. The number of hydrogen-bond acceptors (Lipinski definition) is 4. The molecule has 6 heteroatoms. The van der Waals surface area contributed by atoms with Crippen LogP contribution in [0.15, 0.2) is 18.2 Å². The van der Waals surface area contributed by atoms with Gasteiger partial charge in [-0.15, -0.1) is 0 Å². The third kappa shape index (κ3) is 2.52. The first-order valence-electron chi connectivity index (χ1n) is 5.78. The predicted octanol–water partition coefficient (Wildman–Crippen LogP) is 1.36. The summed E-state index contributed by atoms with van der Waals surface area (Å²) in [5, 5.41) is 0. The van der Waals surface area contributed by atoms with E-state index in [1.165, 1.54) is 37.3 Å². The molecule has 19 heavy (non-hydrogen) atoms. The molecular formula is C13H14FNO4. The molecule has 1 saturated heterocycles. The Balaban J connectivity index is 2.27. The number of benzene rings is 1. The first-order chi connectivity index (χ1) is 9.06. The average Bonchev–Trinajstić information content (AvgIpc) is 2.80. The van der Waals surface area contributed by atoms with Crippen LogP contribution >= 0.6 is 0 Å². The zero-order valence-electron chi connectivity index (χ0n) is 10.7. The van der Waals surface area contributed by atoms with Crippen molar-refractivity contribution in [2.24, 2.45) is 5.92 Å². The maximum Gasteiger partial charge on any atom is 0.311 e. The summed E-state index contributed by atoms with van der Waals surface area (Å²) in [5.41, 5.74) is 0.121. The SMILES string of the molecule is COC(=O)C1CC(=O)N(c2cc(OC)ccc2F)C1. The molecule has 1 heterocycles. The molecule has 1 aromatic carbocycles. The van der Waals surface area contributed by atoms with Crippen molar-refractivity contribution in [2.75, 3.05) is 25.7 Å². The normalized spacial score (nSPS) is 18.6. The highest BCUT2D eigenvalue weighted by molar-refractivity contribution is 5.99. The van der Waals surface area contributed by atoms with E-state index in [0.717, 1.165) is 0 Å². The van der Waals surface area contributed by atoms with E-state index in [0.29, 0.717) is 5.75 Å². The Hall–Kier alpha value is -2.11. The van der Waals surface area contributed by atoms with Gasteiger partial charge in [0.15, 0.2) is 0 Å². The van der Waals surface area contributed by atoms with Crippen LogP contribution in [0.5, 0.6) is 5.75 Å². The zero-order valence-corrected chi connectivity index (χ0v) is 10.7. The topological polar surface area (TPSA) is 55.8 Å². The van der Waals surface area contributed by atoms with Crippen LogP contribution in [0.2, 0.25) is 0 Å². The molecule has 0 N–H and O–H groups in total. The number of carbonyl (C=O) groups excluding carboxylic acids is 2. The Labute approximate surface area is 109 Å². The van der Waals surface area contributed by atoms with Crippen LogP contribution in [0.4, 0.5) is 10.1 Å². The van der Waals surface area contributed by atoms with Gasteiger partial charge >= 0.3 is 5.97 Å². The number of nitrogens with zero attached hydrogens (tertiary/aromatic N) is 1. The lowest BCUT2D eigenvalue weighted by Crippen LogP contribution is -2.27. The van der Waals surface area contributed by atoms with E-state index in [4.69, 9.17) is 4.74 Å². The summed E-state index contributed by atoms with van der Waals surface area (Å²) in [6.45, 7) is 0.121. The molecule has 0 radical (unpaired) electrons. The summed E-state index contributed by atoms with van der Waals surface area (Å²) in [7, 11) is 2.72. The minimum absolute atomic E-state index is 0.0311. The minimum Gasteiger partial charge on any atom is -0.497 e. The van der Waals surface area contributed by atoms with Crippen molar-refractivity contribution in [3.8, 4) is 5.75 Å². The maximum atomic E-state index is 13.8. The van der Waals surface area contributed by atoms with Gasteiger partial charge < -0.3 is 14.4 Å². The molecular weight excluding hydrogens is 253 g/mol. The second-order valence-electron chi connectivity index (χ2n) is 4.25. The van der Waals surface area contributed by atoms with Crippen molar-refractivity contribution >= 4 is 17.6 Å². The standard InChI is InChI=1S/C13H14FNO4/c1-18-9-3-4-10(14)11(6-9)15-7-8(5-12(15)16)13(17)19-2/h3-4,6,8H,5,7H2,1-2H3. The first-order valence-corrected chi connectivity index (χ1v) is 5.78. The summed E-state index contributed by atoms with van der Waals surface area (Å²) in [6.07, 6.45) is 0.0311. The van der Waals surface area contributed by atoms with Crippen molar-refractivity contribution < 1.29 is 23.5 Å². The van der Waals surface area contributed by atoms with Crippen molar-refractivity contribution in [2.45, 2.75) is 6.42 Å². The quantitative estimate of drug-likeness (QED) is 0.776. The molecule has 1 unspecified atom stereocenters. The highest BCUT2D eigenvalue weighted by Gasteiger charge is 2.36. The number of hydrogen-bond donors (Lipinski definition) is 0. The van der Waals surface area contributed by atoms with Gasteiger partial charge in [-0.2, -0.15) is 0 Å². The average molecular weight is 267 g/mol. The number of ether oxygens (including phenoxy) is 2. The highest BCUT2D eigenvalue weighted by Crippen LogP contribution is 2.30. The van der Waals surface area contributed by atoms with Gasteiger partial charge in [0, 0.05) is 19.0 Å². The van der Waals surface area contributed by atoms with Crippen molar-refractivity contribution in [3.05, 3.63) is 24.0 Å². The molecule has 1 amide bonds. The van der Waals surface area contributed by atoms with Gasteiger partial charge in [0.2, 0.25) is 5.91 Å². The Morgan fingerprint density at radius 2 is 2.16 bits per heavy atom. The predicted molar refractivity (Wildman–Crippen MR) is 65.4 cm³/mol. The number of carbonyl (C=O) groups is 2. The van der Waals surface area contributed by atoms with Crippen LogP contribution in [0, 0.1) is 11.7 Å². The third-order valence-electron chi connectivity index (χ3n) is 3.10. The molecule has 0 bridgehead atoms. The van der Waals surface area contributed by atoms with Gasteiger partial charge in [-0.05, 0) is 12.1 Å². The number of esters is 1. The van der Waals surface area contributed by atoms with Gasteiger partial charge in [0.05, 0.1) is 25.8 Å². The Morgan fingerprint density at radius 3 is 2.79 bits per heavy atom. The van der Waals surface area contributed by atoms with Crippen LogP contribution in [0.3, 0.4) is 0 Å². The monoisotopic (exact) mass is 267 g/mol. The molecule has 0 aromatic heterocycles. The van der Waals surface area contributed by atoms with Gasteiger partial charge in [0.1, 0.15) is 11.6 Å². The zero-order chi connectivity index (χ0) is 14.0. The Morgan fingerprint density at radius 1 is 1.42 bits per heavy atom. The highest BCUT2D eigenvalue weighted by atomic mass is 19.1. The Kier molecular flexibility index (Phi) is 3.69. The number of rotatable bonds is 3.